The first kappa shape index (κ1) is 20.5. The molecule has 2 aromatic heterocycles. The zero-order valence-electron chi connectivity index (χ0n) is 17.5. The number of aromatic nitrogens is 3. The predicted octanol–water partition coefficient (Wildman–Crippen LogP) is 2.42. The van der Waals surface area contributed by atoms with E-state index in [1.807, 2.05) is 41.5 Å². The van der Waals surface area contributed by atoms with Crippen molar-refractivity contribution in [3.05, 3.63) is 24.1 Å². The lowest BCUT2D eigenvalue weighted by atomic mass is 9.85. The Labute approximate surface area is 165 Å². The summed E-state index contributed by atoms with van der Waals surface area (Å²) in [4.78, 5) is 27.0. The van der Waals surface area contributed by atoms with Crippen molar-refractivity contribution in [1.82, 2.24) is 25.2 Å². The van der Waals surface area contributed by atoms with E-state index in [0.29, 0.717) is 30.2 Å². The summed E-state index contributed by atoms with van der Waals surface area (Å²) in [6, 6.07) is -0.492. The van der Waals surface area contributed by atoms with Gasteiger partial charge in [-0.1, -0.05) is 34.6 Å². The third-order valence-electron chi connectivity index (χ3n) is 5.08. The molecule has 1 fully saturated rings. The highest BCUT2D eigenvalue weighted by Gasteiger charge is 2.42. The fourth-order valence-corrected chi connectivity index (χ4v) is 3.69. The average molecular weight is 390 g/mol. The largest absolute Gasteiger partial charge is 0.442 e. The van der Waals surface area contributed by atoms with Crippen molar-refractivity contribution in [3.8, 4) is 11.5 Å². The molecule has 3 heterocycles. The van der Waals surface area contributed by atoms with Crippen LogP contribution in [-0.2, 0) is 4.79 Å². The van der Waals surface area contributed by atoms with E-state index in [4.69, 9.17) is 4.42 Å². The summed E-state index contributed by atoms with van der Waals surface area (Å²) in [6.07, 6.45) is 2.96. The molecule has 8 nitrogen and oxygen atoms in total. The second-order valence-electron chi connectivity index (χ2n) is 8.97. The smallest absolute Gasteiger partial charge is 0.240 e. The second-order valence-corrected chi connectivity index (χ2v) is 8.97. The summed E-state index contributed by atoms with van der Waals surface area (Å²) in [6.45, 7) is 12.4. The molecule has 28 heavy (non-hydrogen) atoms. The highest BCUT2D eigenvalue weighted by Crippen LogP contribution is 2.34. The van der Waals surface area contributed by atoms with E-state index >= 15 is 0 Å². The molecule has 8 heteroatoms. The van der Waals surface area contributed by atoms with E-state index in [0.717, 1.165) is 5.69 Å². The van der Waals surface area contributed by atoms with Crippen molar-refractivity contribution in [1.29, 1.82) is 0 Å². The normalized spacial score (nSPS) is 21.5. The Morgan fingerprint density at radius 2 is 2.11 bits per heavy atom. The Hall–Kier alpha value is -2.19. The van der Waals surface area contributed by atoms with Gasteiger partial charge in [0.15, 0.2) is 12.2 Å². The Morgan fingerprint density at radius 1 is 1.39 bits per heavy atom. The first-order valence-corrected chi connectivity index (χ1v) is 9.78. The minimum Gasteiger partial charge on any atom is -0.442 e. The number of nitrogens with one attached hydrogen (secondary N) is 2. The molecule has 0 aromatic carbocycles. The summed E-state index contributed by atoms with van der Waals surface area (Å²) in [5, 5.41) is 13.7. The number of aromatic amines is 1. The van der Waals surface area contributed by atoms with Gasteiger partial charge in [0.25, 0.3) is 0 Å². The average Bonchev–Trinajstić information content (AvgIpc) is 3.29. The van der Waals surface area contributed by atoms with Gasteiger partial charge in [-0.2, -0.15) is 0 Å². The molecule has 2 aromatic rings. The fourth-order valence-electron chi connectivity index (χ4n) is 3.69. The van der Waals surface area contributed by atoms with Crippen LogP contribution in [0, 0.1) is 12.3 Å². The molecule has 0 radical (unpaired) electrons. The molecule has 1 saturated heterocycles. The molecule has 0 aliphatic carbocycles. The molecule has 1 aliphatic heterocycles. The van der Waals surface area contributed by atoms with Gasteiger partial charge in [0.05, 0.1) is 30.1 Å². The molecule has 0 saturated carbocycles. The van der Waals surface area contributed by atoms with Crippen molar-refractivity contribution < 1.29 is 14.3 Å². The van der Waals surface area contributed by atoms with Crippen LogP contribution in [0.4, 0.5) is 0 Å². The van der Waals surface area contributed by atoms with Crippen LogP contribution < -0.4 is 5.32 Å². The van der Waals surface area contributed by atoms with Crippen LogP contribution in [0.1, 0.15) is 58.6 Å². The van der Waals surface area contributed by atoms with Crippen molar-refractivity contribution in [2.24, 2.45) is 5.41 Å². The summed E-state index contributed by atoms with van der Waals surface area (Å²) in [5.74, 6) is 1.26. The number of carbonyl (C=O) groups is 1. The van der Waals surface area contributed by atoms with Crippen LogP contribution in [0.3, 0.4) is 0 Å². The van der Waals surface area contributed by atoms with Gasteiger partial charge in [0, 0.05) is 19.0 Å². The summed E-state index contributed by atoms with van der Waals surface area (Å²) < 4.78 is 5.43. The van der Waals surface area contributed by atoms with E-state index in [2.05, 4.69) is 20.3 Å². The maximum atomic E-state index is 13.4. The van der Waals surface area contributed by atoms with Crippen LogP contribution in [0.15, 0.2) is 17.0 Å². The molecule has 0 spiro atoms. The Kier molecular flexibility index (Phi) is 5.63. The number of hydrogen-bond donors (Lipinski definition) is 3. The van der Waals surface area contributed by atoms with Gasteiger partial charge in [0.2, 0.25) is 5.91 Å². The number of carbonyl (C=O) groups excluding carboxylic acids is 1. The van der Waals surface area contributed by atoms with Crippen molar-refractivity contribution in [2.45, 2.75) is 72.2 Å². The number of likely N-dealkylation sites (tertiary alicyclic amines) is 1. The fraction of sp³-hybridized carbons (Fsp3) is 0.650. The Bertz CT molecular complexity index is 820. The number of β-amino-alcohol motifs (C(OH)–C–C–N with tert-alkyl or cyclic N) is 1. The zero-order valence-corrected chi connectivity index (χ0v) is 17.5. The third-order valence-corrected chi connectivity index (χ3v) is 5.08. The quantitative estimate of drug-likeness (QED) is 0.725. The number of amides is 1. The van der Waals surface area contributed by atoms with E-state index in [9.17, 15) is 9.90 Å². The Morgan fingerprint density at radius 3 is 2.68 bits per heavy atom. The van der Waals surface area contributed by atoms with Crippen LogP contribution >= 0.6 is 0 Å². The zero-order chi connectivity index (χ0) is 20.6. The first-order valence-electron chi connectivity index (χ1n) is 9.78. The van der Waals surface area contributed by atoms with Gasteiger partial charge >= 0.3 is 0 Å². The molecule has 0 unspecified atom stereocenters. The van der Waals surface area contributed by atoms with Gasteiger partial charge in [-0.05, 0) is 12.3 Å². The topological polar surface area (TPSA) is 107 Å². The number of rotatable bonds is 5. The second kappa shape index (κ2) is 7.67. The van der Waals surface area contributed by atoms with Gasteiger partial charge in [-0.25, -0.2) is 9.97 Å². The van der Waals surface area contributed by atoms with E-state index < -0.39 is 6.10 Å². The van der Waals surface area contributed by atoms with Crippen LogP contribution in [0.5, 0.6) is 0 Å². The monoisotopic (exact) mass is 389 g/mol. The third kappa shape index (κ3) is 4.12. The predicted molar refractivity (Wildman–Crippen MR) is 105 cm³/mol. The maximum absolute atomic E-state index is 13.4. The SMILES string of the molecule is Cc1ncoc1-c1cnc([C@@H]2C[C@@H](O)CN2C(=O)[C@@H](NC(C)C)C(C)(C)C)[nH]1. The summed E-state index contributed by atoms with van der Waals surface area (Å²) >= 11 is 0. The van der Waals surface area contributed by atoms with Crippen LogP contribution in [0.25, 0.3) is 11.5 Å². The van der Waals surface area contributed by atoms with E-state index in [1.165, 1.54) is 6.39 Å². The van der Waals surface area contributed by atoms with Gasteiger partial charge < -0.3 is 24.7 Å². The van der Waals surface area contributed by atoms with Gasteiger partial charge in [0.1, 0.15) is 11.5 Å². The molecule has 1 amide bonds. The summed E-state index contributed by atoms with van der Waals surface area (Å²) in [7, 11) is 0. The highest BCUT2D eigenvalue weighted by molar-refractivity contribution is 5.83. The Balaban J connectivity index is 1.88. The van der Waals surface area contributed by atoms with Crippen molar-refractivity contribution in [2.75, 3.05) is 6.54 Å². The van der Waals surface area contributed by atoms with Crippen LogP contribution in [0.2, 0.25) is 0 Å². The number of aryl methyl sites for hydroxylation is 1. The molecular formula is C20H31N5O3. The minimum absolute atomic E-state index is 0.0171. The molecule has 3 rings (SSSR count). The molecular weight excluding hydrogens is 358 g/mol. The van der Waals surface area contributed by atoms with Crippen molar-refractivity contribution in [3.63, 3.8) is 0 Å². The lowest BCUT2D eigenvalue weighted by Crippen LogP contribution is -2.55. The van der Waals surface area contributed by atoms with E-state index in [-0.39, 0.29) is 29.4 Å². The molecule has 1 aliphatic rings. The number of hydrogen-bond acceptors (Lipinski definition) is 6. The number of aliphatic hydroxyl groups excluding tert-OH is 1. The van der Waals surface area contributed by atoms with Crippen LogP contribution in [-0.4, -0.2) is 55.6 Å². The minimum atomic E-state index is -0.575. The molecule has 154 valence electrons. The lowest BCUT2D eigenvalue weighted by Gasteiger charge is -2.36. The number of nitrogens with zero attached hydrogens (tertiary/aromatic N) is 3. The van der Waals surface area contributed by atoms with Gasteiger partial charge in [-0.15, -0.1) is 0 Å². The van der Waals surface area contributed by atoms with Crippen molar-refractivity contribution >= 4 is 5.91 Å². The number of aliphatic hydroxyl groups is 1. The molecule has 0 bridgehead atoms. The highest BCUT2D eigenvalue weighted by atomic mass is 16.3. The lowest BCUT2D eigenvalue weighted by molar-refractivity contribution is -0.137. The molecule has 3 N–H and O–H groups in total. The number of oxazole rings is 1. The standard InChI is InChI=1S/C20H31N5O3/c1-11(2)23-17(20(4,5)6)19(27)25-9-13(26)7-15(25)18-21-8-14(24-18)16-12(3)22-10-28-16/h8,10-11,13,15,17,23,26H,7,9H2,1-6H3,(H,21,24)/t13-,15+,17-/m1/s1. The molecule has 3 atom stereocenters. The maximum Gasteiger partial charge on any atom is 0.240 e. The summed E-state index contributed by atoms with van der Waals surface area (Å²) in [5.41, 5.74) is 1.22. The first-order chi connectivity index (χ1) is 13.1. The van der Waals surface area contributed by atoms with Gasteiger partial charge in [-0.3, -0.25) is 4.79 Å². The number of imidazole rings is 1. The van der Waals surface area contributed by atoms with E-state index in [1.54, 1.807) is 11.1 Å². The number of H-pyrrole nitrogens is 1.